The Kier molecular flexibility index (Phi) is 7.31. The molecule has 2 aromatic heterocycles. The molecule has 1 unspecified atom stereocenters. The van der Waals surface area contributed by atoms with Crippen molar-refractivity contribution in [3.63, 3.8) is 0 Å². The van der Waals surface area contributed by atoms with Gasteiger partial charge in [0, 0.05) is 11.4 Å². The van der Waals surface area contributed by atoms with Crippen LogP contribution in [0.1, 0.15) is 72.8 Å². The van der Waals surface area contributed by atoms with E-state index in [4.69, 9.17) is 20.8 Å². The third kappa shape index (κ3) is 5.00. The lowest BCUT2D eigenvalue weighted by molar-refractivity contribution is 0.0970. The number of aromatic nitrogens is 2. The fraction of sp³-hybridized carbons (Fsp3) is 0.357. The fourth-order valence-corrected chi connectivity index (χ4v) is 5.77. The molecule has 0 radical (unpaired) electrons. The number of rotatable bonds is 9. The van der Waals surface area contributed by atoms with Crippen molar-refractivity contribution < 1.29 is 13.9 Å². The molecule has 0 spiro atoms. The average Bonchev–Trinajstić information content (AvgIpc) is 3.44. The maximum absolute atomic E-state index is 13.7. The summed E-state index contributed by atoms with van der Waals surface area (Å²) in [6.07, 6.45) is 3.98. The highest BCUT2D eigenvalue weighted by Crippen LogP contribution is 2.42. The molecule has 7 nitrogen and oxygen atoms in total. The van der Waals surface area contributed by atoms with Crippen LogP contribution in [0.4, 0.5) is 5.13 Å². The second-order valence-electron chi connectivity index (χ2n) is 9.59. The molecular weight excluding hydrogens is 510 g/mol. The first kappa shape index (κ1) is 25.4. The summed E-state index contributed by atoms with van der Waals surface area (Å²) < 4.78 is 11.9. The van der Waals surface area contributed by atoms with Crippen molar-refractivity contribution in [2.75, 3.05) is 11.5 Å². The number of unbranched alkanes of at least 4 members (excludes halogenated alkanes) is 2. The summed E-state index contributed by atoms with van der Waals surface area (Å²) >= 11 is 7.54. The Hall–Kier alpha value is -3.23. The average molecular weight is 538 g/mol. The lowest BCUT2D eigenvalue weighted by atomic mass is 9.98. The van der Waals surface area contributed by atoms with Crippen LogP contribution >= 0.6 is 22.9 Å². The van der Waals surface area contributed by atoms with E-state index in [0.29, 0.717) is 33.6 Å². The number of carbonyl (C=O) groups is 1. The lowest BCUT2D eigenvalue weighted by Gasteiger charge is -2.22. The van der Waals surface area contributed by atoms with E-state index in [1.807, 2.05) is 24.3 Å². The summed E-state index contributed by atoms with van der Waals surface area (Å²) in [5.41, 5.74) is 1.06. The molecule has 0 N–H and O–H groups in total. The van der Waals surface area contributed by atoms with Gasteiger partial charge in [-0.25, -0.2) is 0 Å². The standard InChI is InChI=1S/C28H28ClN3O4S/c1-4-5-6-13-35-19-10-7-17(8-11-19)24-23-25(33)20-15-18(29)9-12-21(20)36-26(23)27(34)32(24)28-31-30-22(37-28)14-16(2)3/h7-12,15-16,24H,4-6,13-14H2,1-3H3. The number of hydrogen-bond acceptors (Lipinski definition) is 7. The molecule has 0 saturated heterocycles. The third-order valence-electron chi connectivity index (χ3n) is 6.29. The van der Waals surface area contributed by atoms with Crippen LogP contribution in [0.5, 0.6) is 5.75 Å². The Balaban J connectivity index is 1.60. The molecule has 0 fully saturated rings. The summed E-state index contributed by atoms with van der Waals surface area (Å²) in [5.74, 6) is 0.737. The van der Waals surface area contributed by atoms with Crippen molar-refractivity contribution >= 4 is 44.9 Å². The summed E-state index contributed by atoms with van der Waals surface area (Å²) in [6, 6.07) is 11.6. The fourth-order valence-electron chi connectivity index (χ4n) is 4.52. The zero-order valence-corrected chi connectivity index (χ0v) is 22.6. The quantitative estimate of drug-likeness (QED) is 0.218. The van der Waals surface area contributed by atoms with Gasteiger partial charge in [0.05, 0.1) is 23.6 Å². The molecule has 3 heterocycles. The monoisotopic (exact) mass is 537 g/mol. The van der Waals surface area contributed by atoms with Gasteiger partial charge in [0.25, 0.3) is 5.91 Å². The van der Waals surface area contributed by atoms with Crippen LogP contribution in [0.2, 0.25) is 5.02 Å². The predicted octanol–water partition coefficient (Wildman–Crippen LogP) is 6.82. The second kappa shape index (κ2) is 10.6. The van der Waals surface area contributed by atoms with Crippen LogP contribution in [-0.4, -0.2) is 22.7 Å². The molecule has 1 amide bonds. The van der Waals surface area contributed by atoms with Crippen molar-refractivity contribution in [1.82, 2.24) is 10.2 Å². The minimum absolute atomic E-state index is 0.0188. The summed E-state index contributed by atoms with van der Waals surface area (Å²) in [6.45, 7) is 7.00. The number of benzene rings is 2. The molecule has 37 heavy (non-hydrogen) atoms. The lowest BCUT2D eigenvalue weighted by Crippen LogP contribution is -2.29. The first-order chi connectivity index (χ1) is 17.9. The smallest absolute Gasteiger partial charge is 0.297 e. The molecule has 2 aromatic carbocycles. The molecular formula is C28H28ClN3O4S. The highest BCUT2D eigenvalue weighted by atomic mass is 35.5. The zero-order chi connectivity index (χ0) is 26.1. The Labute approximate surface area is 224 Å². The van der Waals surface area contributed by atoms with Gasteiger partial charge >= 0.3 is 0 Å². The molecule has 1 aliphatic heterocycles. The van der Waals surface area contributed by atoms with Crippen molar-refractivity contribution in [3.8, 4) is 5.75 Å². The molecule has 192 valence electrons. The maximum Gasteiger partial charge on any atom is 0.297 e. The van der Waals surface area contributed by atoms with Crippen LogP contribution in [0.15, 0.2) is 51.7 Å². The van der Waals surface area contributed by atoms with Crippen LogP contribution in [0, 0.1) is 5.92 Å². The van der Waals surface area contributed by atoms with Crippen molar-refractivity contribution in [2.45, 2.75) is 52.5 Å². The molecule has 5 rings (SSSR count). The van der Waals surface area contributed by atoms with Gasteiger partial charge in [0.2, 0.25) is 10.9 Å². The molecule has 9 heteroatoms. The maximum atomic E-state index is 13.7. The number of fused-ring (bicyclic) bond motifs is 2. The Morgan fingerprint density at radius 2 is 1.89 bits per heavy atom. The number of halogens is 1. The minimum Gasteiger partial charge on any atom is -0.494 e. The van der Waals surface area contributed by atoms with E-state index >= 15 is 0 Å². The molecule has 0 bridgehead atoms. The van der Waals surface area contributed by atoms with Crippen LogP contribution in [0.3, 0.4) is 0 Å². The summed E-state index contributed by atoms with van der Waals surface area (Å²) in [4.78, 5) is 29.0. The van der Waals surface area contributed by atoms with E-state index in [2.05, 4.69) is 31.0 Å². The number of amides is 1. The van der Waals surface area contributed by atoms with Gasteiger partial charge in [-0.2, -0.15) is 0 Å². The number of hydrogen-bond donors (Lipinski definition) is 0. The second-order valence-corrected chi connectivity index (χ2v) is 11.1. The van der Waals surface area contributed by atoms with Gasteiger partial charge in [0.1, 0.15) is 16.3 Å². The van der Waals surface area contributed by atoms with Crippen molar-refractivity contribution in [2.24, 2.45) is 5.92 Å². The Morgan fingerprint density at radius 1 is 1.11 bits per heavy atom. The van der Waals surface area contributed by atoms with Gasteiger partial charge in [0.15, 0.2) is 5.43 Å². The van der Waals surface area contributed by atoms with Crippen molar-refractivity contribution in [3.05, 3.63) is 79.6 Å². The van der Waals surface area contributed by atoms with E-state index in [0.717, 1.165) is 42.0 Å². The molecule has 0 saturated carbocycles. The van der Waals surface area contributed by atoms with Gasteiger partial charge in [-0.15, -0.1) is 10.2 Å². The predicted molar refractivity (Wildman–Crippen MR) is 146 cm³/mol. The topological polar surface area (TPSA) is 85.5 Å². The first-order valence-corrected chi connectivity index (χ1v) is 13.7. The Bertz CT molecular complexity index is 1500. The highest BCUT2D eigenvalue weighted by molar-refractivity contribution is 7.15. The van der Waals surface area contributed by atoms with Crippen LogP contribution < -0.4 is 15.1 Å². The van der Waals surface area contributed by atoms with Gasteiger partial charge in [-0.1, -0.05) is 68.7 Å². The van der Waals surface area contributed by atoms with Crippen LogP contribution in [0.25, 0.3) is 11.0 Å². The zero-order valence-electron chi connectivity index (χ0n) is 21.0. The number of nitrogens with zero attached hydrogens (tertiary/aromatic N) is 3. The van der Waals surface area contributed by atoms with E-state index < -0.39 is 11.9 Å². The van der Waals surface area contributed by atoms with Gasteiger partial charge in [-0.3, -0.25) is 14.5 Å². The van der Waals surface area contributed by atoms with Gasteiger partial charge < -0.3 is 9.15 Å². The third-order valence-corrected chi connectivity index (χ3v) is 7.47. The van der Waals surface area contributed by atoms with Crippen molar-refractivity contribution in [1.29, 1.82) is 0 Å². The summed E-state index contributed by atoms with van der Waals surface area (Å²) in [5, 5.41) is 10.7. The van der Waals surface area contributed by atoms with E-state index in [1.165, 1.54) is 16.2 Å². The first-order valence-electron chi connectivity index (χ1n) is 12.5. The number of ether oxygens (including phenoxy) is 1. The van der Waals surface area contributed by atoms with Gasteiger partial charge in [-0.05, 0) is 48.2 Å². The minimum atomic E-state index is -0.712. The van der Waals surface area contributed by atoms with E-state index in [-0.39, 0.29) is 16.8 Å². The highest BCUT2D eigenvalue weighted by Gasteiger charge is 2.45. The number of anilines is 1. The van der Waals surface area contributed by atoms with Crippen LogP contribution in [-0.2, 0) is 6.42 Å². The largest absolute Gasteiger partial charge is 0.494 e. The molecule has 4 aromatic rings. The summed E-state index contributed by atoms with van der Waals surface area (Å²) in [7, 11) is 0. The number of carbonyl (C=O) groups excluding carboxylic acids is 1. The normalized spacial score (nSPS) is 15.1. The molecule has 1 aliphatic rings. The SMILES string of the molecule is CCCCCOc1ccc(C2c3c(oc4ccc(Cl)cc4c3=O)C(=O)N2c2nnc(CC(C)C)s2)cc1. The molecule has 0 aliphatic carbocycles. The van der Waals surface area contributed by atoms with E-state index in [1.54, 1.807) is 18.2 Å². The van der Waals surface area contributed by atoms with E-state index in [9.17, 15) is 9.59 Å². The Morgan fingerprint density at radius 3 is 2.62 bits per heavy atom. The molecule has 1 atom stereocenters.